The van der Waals surface area contributed by atoms with Gasteiger partial charge in [0.25, 0.3) is 0 Å². The first-order chi connectivity index (χ1) is 15.2. The molecule has 1 aromatic heterocycles. The summed E-state index contributed by atoms with van der Waals surface area (Å²) in [6.07, 6.45) is 3.90. The van der Waals surface area contributed by atoms with E-state index in [1.54, 1.807) is 30.5 Å². The lowest BCUT2D eigenvalue weighted by Gasteiger charge is -2.43. The van der Waals surface area contributed by atoms with Crippen LogP contribution in [0.5, 0.6) is 0 Å². The van der Waals surface area contributed by atoms with E-state index in [4.69, 9.17) is 10.5 Å². The summed E-state index contributed by atoms with van der Waals surface area (Å²) in [4.78, 5) is 16.9. The summed E-state index contributed by atoms with van der Waals surface area (Å²) < 4.78 is 20.0. The van der Waals surface area contributed by atoms with Crippen molar-refractivity contribution in [3.05, 3.63) is 72.2 Å². The molecular weight excluding hydrogens is 405 g/mol. The third-order valence-corrected chi connectivity index (χ3v) is 5.73. The summed E-state index contributed by atoms with van der Waals surface area (Å²) in [5.41, 5.74) is 9.05. The molecule has 1 aliphatic rings. The van der Waals surface area contributed by atoms with E-state index in [2.05, 4.69) is 10.3 Å². The van der Waals surface area contributed by atoms with Crippen LogP contribution >= 0.6 is 0 Å². The van der Waals surface area contributed by atoms with Crippen LogP contribution in [0.3, 0.4) is 0 Å². The van der Waals surface area contributed by atoms with E-state index in [1.165, 1.54) is 6.07 Å². The zero-order valence-electron chi connectivity index (χ0n) is 18.6. The zero-order valence-corrected chi connectivity index (χ0v) is 18.6. The Labute approximate surface area is 187 Å². The number of ether oxygens (including phenoxy) is 1. The number of hydrogen-bond acceptors (Lipinski definition) is 4. The number of halogens is 1. The van der Waals surface area contributed by atoms with Gasteiger partial charge in [-0.2, -0.15) is 0 Å². The first-order valence-electron chi connectivity index (χ1n) is 10.8. The number of alkyl carbamates (subject to hydrolysis) is 1. The Balaban J connectivity index is 1.65. The molecule has 3 aromatic rings. The predicted octanol–water partition coefficient (Wildman–Crippen LogP) is 6.04. The summed E-state index contributed by atoms with van der Waals surface area (Å²) in [7, 11) is 0. The predicted molar refractivity (Wildman–Crippen MR) is 124 cm³/mol. The van der Waals surface area contributed by atoms with E-state index in [0.717, 1.165) is 30.4 Å². The maximum Gasteiger partial charge on any atom is 0.408 e. The number of nitrogens with one attached hydrogen (secondary N) is 1. The van der Waals surface area contributed by atoms with Crippen LogP contribution < -0.4 is 11.1 Å². The third-order valence-electron chi connectivity index (χ3n) is 5.73. The maximum atomic E-state index is 14.5. The van der Waals surface area contributed by atoms with Crippen LogP contribution in [-0.2, 0) is 10.3 Å². The van der Waals surface area contributed by atoms with Gasteiger partial charge in [0.15, 0.2) is 0 Å². The molecule has 1 fully saturated rings. The fraction of sp³-hybridized carbons (Fsp3) is 0.308. The minimum absolute atomic E-state index is 0.326. The SMILES string of the molecule is CC(C)(C)OC(=O)NC1(c2ccc(-c3ncc(N)cc3-c3ccccc3F)cc2)CCC1. The van der Waals surface area contributed by atoms with Crippen molar-refractivity contribution >= 4 is 11.8 Å². The molecule has 0 atom stereocenters. The Morgan fingerprint density at radius 2 is 1.78 bits per heavy atom. The molecule has 6 heteroatoms. The molecule has 32 heavy (non-hydrogen) atoms. The smallest absolute Gasteiger partial charge is 0.408 e. The number of nitrogens with zero attached hydrogens (tertiary/aromatic N) is 1. The molecule has 166 valence electrons. The van der Waals surface area contributed by atoms with Gasteiger partial charge in [-0.1, -0.05) is 42.5 Å². The second-order valence-electron chi connectivity index (χ2n) is 9.28. The number of anilines is 1. The number of pyridine rings is 1. The number of carbonyl (C=O) groups is 1. The number of nitrogen functional groups attached to an aromatic ring is 1. The van der Waals surface area contributed by atoms with Crippen LogP contribution in [0.25, 0.3) is 22.4 Å². The van der Waals surface area contributed by atoms with E-state index in [0.29, 0.717) is 22.5 Å². The minimum Gasteiger partial charge on any atom is -0.444 e. The lowest BCUT2D eigenvalue weighted by molar-refractivity contribution is 0.0377. The van der Waals surface area contributed by atoms with Crippen LogP contribution in [-0.4, -0.2) is 16.7 Å². The third kappa shape index (κ3) is 4.44. The van der Waals surface area contributed by atoms with E-state index >= 15 is 0 Å². The van der Waals surface area contributed by atoms with Crippen LogP contribution in [0.2, 0.25) is 0 Å². The summed E-state index contributed by atoms with van der Waals surface area (Å²) >= 11 is 0. The lowest BCUT2D eigenvalue weighted by atomic mass is 9.71. The van der Waals surface area contributed by atoms with Gasteiger partial charge in [0.1, 0.15) is 11.4 Å². The van der Waals surface area contributed by atoms with E-state index in [9.17, 15) is 9.18 Å². The van der Waals surface area contributed by atoms with E-state index in [-0.39, 0.29) is 5.82 Å². The maximum absolute atomic E-state index is 14.5. The Morgan fingerprint density at radius 3 is 2.38 bits per heavy atom. The van der Waals surface area contributed by atoms with Gasteiger partial charge in [-0.15, -0.1) is 0 Å². The van der Waals surface area contributed by atoms with Gasteiger partial charge in [-0.05, 0) is 57.7 Å². The van der Waals surface area contributed by atoms with Gasteiger partial charge < -0.3 is 15.8 Å². The molecule has 5 nitrogen and oxygen atoms in total. The quantitative estimate of drug-likeness (QED) is 0.526. The molecule has 0 bridgehead atoms. The van der Waals surface area contributed by atoms with Crippen molar-refractivity contribution in [3.63, 3.8) is 0 Å². The second-order valence-corrected chi connectivity index (χ2v) is 9.28. The van der Waals surface area contributed by atoms with Crippen LogP contribution in [0.4, 0.5) is 14.9 Å². The van der Waals surface area contributed by atoms with Gasteiger partial charge >= 0.3 is 6.09 Å². The number of nitrogens with two attached hydrogens (primary N) is 1. The molecule has 0 saturated heterocycles. The number of hydrogen-bond donors (Lipinski definition) is 2. The molecular formula is C26H28FN3O2. The molecule has 0 spiro atoms. The Morgan fingerprint density at radius 1 is 1.09 bits per heavy atom. The van der Waals surface area contributed by atoms with Gasteiger partial charge in [0.05, 0.1) is 23.1 Å². The number of amides is 1. The van der Waals surface area contributed by atoms with E-state index < -0.39 is 17.2 Å². The normalized spacial score (nSPS) is 15.0. The first-order valence-corrected chi connectivity index (χ1v) is 10.8. The number of benzene rings is 2. The molecule has 1 aliphatic carbocycles. The highest BCUT2D eigenvalue weighted by atomic mass is 19.1. The second kappa shape index (κ2) is 8.26. The van der Waals surface area contributed by atoms with Crippen molar-refractivity contribution in [1.82, 2.24) is 10.3 Å². The van der Waals surface area contributed by atoms with Crippen molar-refractivity contribution in [2.24, 2.45) is 0 Å². The van der Waals surface area contributed by atoms with E-state index in [1.807, 2.05) is 45.0 Å². The molecule has 4 rings (SSSR count). The van der Waals surface area contributed by atoms with Crippen molar-refractivity contribution in [1.29, 1.82) is 0 Å². The molecule has 0 unspecified atom stereocenters. The highest BCUT2D eigenvalue weighted by Gasteiger charge is 2.41. The molecule has 1 saturated carbocycles. The number of rotatable bonds is 4. The summed E-state index contributed by atoms with van der Waals surface area (Å²) in [6.45, 7) is 5.55. The Kier molecular flexibility index (Phi) is 5.63. The fourth-order valence-corrected chi connectivity index (χ4v) is 4.06. The molecule has 0 radical (unpaired) electrons. The Bertz CT molecular complexity index is 1130. The Hall–Kier alpha value is -3.41. The van der Waals surface area contributed by atoms with Crippen LogP contribution in [0.15, 0.2) is 60.8 Å². The standard InChI is InChI=1S/C26H28FN3O2/c1-25(2,3)32-24(31)30-26(13-6-14-26)18-11-9-17(10-12-18)23-21(15-19(28)16-29-23)20-7-4-5-8-22(20)27/h4-5,7-12,15-16H,6,13-14,28H2,1-3H3,(H,30,31). The first kappa shape index (κ1) is 21.8. The molecule has 0 aliphatic heterocycles. The average Bonchev–Trinajstić information content (AvgIpc) is 2.70. The van der Waals surface area contributed by atoms with Crippen LogP contribution in [0, 0.1) is 5.82 Å². The lowest BCUT2D eigenvalue weighted by Crippen LogP contribution is -2.52. The number of aromatic nitrogens is 1. The van der Waals surface area contributed by atoms with Gasteiger partial charge in [0.2, 0.25) is 0 Å². The van der Waals surface area contributed by atoms with Crippen LogP contribution in [0.1, 0.15) is 45.6 Å². The highest BCUT2D eigenvalue weighted by Crippen LogP contribution is 2.42. The largest absolute Gasteiger partial charge is 0.444 e. The summed E-state index contributed by atoms with van der Waals surface area (Å²) in [5.74, 6) is -0.326. The van der Waals surface area contributed by atoms with Crippen molar-refractivity contribution in [2.45, 2.75) is 51.2 Å². The zero-order chi connectivity index (χ0) is 22.9. The monoisotopic (exact) mass is 433 g/mol. The van der Waals surface area contributed by atoms with Gasteiger partial charge in [-0.3, -0.25) is 4.98 Å². The summed E-state index contributed by atoms with van der Waals surface area (Å²) in [5, 5.41) is 3.07. The van der Waals surface area contributed by atoms with Gasteiger partial charge in [-0.25, -0.2) is 9.18 Å². The topological polar surface area (TPSA) is 77.2 Å². The number of carbonyl (C=O) groups excluding carboxylic acids is 1. The van der Waals surface area contributed by atoms with Gasteiger partial charge in [0, 0.05) is 16.7 Å². The fourth-order valence-electron chi connectivity index (χ4n) is 4.06. The van der Waals surface area contributed by atoms with Crippen molar-refractivity contribution in [2.75, 3.05) is 5.73 Å². The molecule has 3 N–H and O–H groups in total. The molecule has 1 amide bonds. The molecule has 2 aromatic carbocycles. The summed E-state index contributed by atoms with van der Waals surface area (Å²) in [6, 6.07) is 16.2. The molecule has 1 heterocycles. The average molecular weight is 434 g/mol. The van der Waals surface area contributed by atoms with Crippen molar-refractivity contribution < 1.29 is 13.9 Å². The van der Waals surface area contributed by atoms with Crippen molar-refractivity contribution in [3.8, 4) is 22.4 Å². The minimum atomic E-state index is -0.553. The highest BCUT2D eigenvalue weighted by molar-refractivity contribution is 5.83.